The van der Waals surface area contributed by atoms with Gasteiger partial charge in [-0.15, -0.1) is 0 Å². The van der Waals surface area contributed by atoms with E-state index in [1.165, 1.54) is 0 Å². The van der Waals surface area contributed by atoms with Gasteiger partial charge in [0.25, 0.3) is 0 Å². The highest BCUT2D eigenvalue weighted by atomic mass is 16.3. The molecule has 3 N–H and O–H groups in total. The number of aromatic nitrogens is 1. The van der Waals surface area contributed by atoms with Gasteiger partial charge in [0, 0.05) is 13.1 Å². The number of aliphatic hydroxyl groups excluding tert-OH is 1. The predicted octanol–water partition coefficient (Wildman–Crippen LogP) is 1.70. The molecule has 0 saturated carbocycles. The van der Waals surface area contributed by atoms with Gasteiger partial charge in [0.2, 0.25) is 0 Å². The van der Waals surface area contributed by atoms with Gasteiger partial charge in [0.15, 0.2) is 0 Å². The van der Waals surface area contributed by atoms with Crippen LogP contribution in [0.25, 0.3) is 0 Å². The van der Waals surface area contributed by atoms with E-state index in [1.54, 1.807) is 0 Å². The molecule has 4 nitrogen and oxygen atoms in total. The van der Waals surface area contributed by atoms with E-state index >= 15 is 0 Å². The van der Waals surface area contributed by atoms with Crippen LogP contribution in [-0.2, 0) is 0 Å². The second kappa shape index (κ2) is 5.47. The molecule has 0 fully saturated rings. The second-order valence-electron chi connectivity index (χ2n) is 4.99. The highest BCUT2D eigenvalue weighted by Gasteiger charge is 2.22. The van der Waals surface area contributed by atoms with Crippen LogP contribution in [0.1, 0.15) is 38.9 Å². The summed E-state index contributed by atoms with van der Waals surface area (Å²) in [7, 11) is 1.95. The number of nitrogens with two attached hydrogens (primary N) is 1. The lowest BCUT2D eigenvalue weighted by Gasteiger charge is -2.35. The summed E-state index contributed by atoms with van der Waals surface area (Å²) in [6.07, 6.45) is 2.69. The average Bonchev–Trinajstić information content (AvgIpc) is 2.37. The highest BCUT2D eigenvalue weighted by Crippen LogP contribution is 2.22. The molecule has 96 valence electrons. The molecule has 0 saturated heterocycles. The molecular weight excluding hydrogens is 214 g/mol. The maximum Gasteiger partial charge on any atom is 0.0658 e. The van der Waals surface area contributed by atoms with E-state index in [9.17, 15) is 5.11 Å². The smallest absolute Gasteiger partial charge is 0.0658 e. The van der Waals surface area contributed by atoms with E-state index in [2.05, 4.69) is 4.98 Å². The molecule has 1 heterocycles. The number of likely N-dealkylation sites (N-methyl/N-ethyl adjacent to an activating group) is 1. The van der Waals surface area contributed by atoms with Gasteiger partial charge in [0.05, 0.1) is 29.7 Å². The minimum atomic E-state index is -0.296. The molecule has 1 aromatic rings. The summed E-state index contributed by atoms with van der Waals surface area (Å²) < 4.78 is 0. The maximum absolute atomic E-state index is 9.32. The number of pyridine rings is 1. The quantitative estimate of drug-likeness (QED) is 0.818. The lowest BCUT2D eigenvalue weighted by molar-refractivity contribution is 0.216. The van der Waals surface area contributed by atoms with Gasteiger partial charge in [-0.3, -0.25) is 4.98 Å². The van der Waals surface area contributed by atoms with Gasteiger partial charge >= 0.3 is 0 Å². The Labute approximate surface area is 103 Å². The Morgan fingerprint density at radius 1 is 1.47 bits per heavy atom. The van der Waals surface area contributed by atoms with Gasteiger partial charge in [-0.25, -0.2) is 0 Å². The van der Waals surface area contributed by atoms with Gasteiger partial charge in [-0.2, -0.15) is 0 Å². The number of hydrogen-bond donors (Lipinski definition) is 2. The van der Waals surface area contributed by atoms with E-state index in [0.29, 0.717) is 0 Å². The zero-order valence-electron chi connectivity index (χ0n) is 11.1. The zero-order valence-corrected chi connectivity index (χ0v) is 11.1. The topological polar surface area (TPSA) is 62.4 Å². The normalized spacial score (nSPS) is 13.5. The first kappa shape index (κ1) is 13.9. The Morgan fingerprint density at radius 2 is 2.12 bits per heavy atom. The number of anilines is 1. The average molecular weight is 237 g/mol. The summed E-state index contributed by atoms with van der Waals surface area (Å²) in [6.45, 7) is 6.11. The number of hydrogen-bond acceptors (Lipinski definition) is 4. The summed E-state index contributed by atoms with van der Waals surface area (Å²) in [6, 6.07) is 3.95. The first-order valence-corrected chi connectivity index (χ1v) is 5.98. The van der Waals surface area contributed by atoms with Gasteiger partial charge in [-0.05, 0) is 32.4 Å². The Morgan fingerprint density at radius 3 is 2.53 bits per heavy atom. The summed E-state index contributed by atoms with van der Waals surface area (Å²) in [5.41, 5.74) is 7.51. The molecule has 0 spiro atoms. The lowest BCUT2D eigenvalue weighted by Crippen LogP contribution is -2.44. The van der Waals surface area contributed by atoms with Crippen molar-refractivity contribution in [2.24, 2.45) is 5.73 Å². The van der Waals surface area contributed by atoms with Crippen molar-refractivity contribution in [1.29, 1.82) is 0 Å². The maximum atomic E-state index is 9.32. The van der Waals surface area contributed by atoms with Gasteiger partial charge in [-0.1, -0.05) is 6.92 Å². The van der Waals surface area contributed by atoms with Crippen LogP contribution in [0.15, 0.2) is 18.3 Å². The van der Waals surface area contributed by atoms with Crippen molar-refractivity contribution in [3.05, 3.63) is 24.0 Å². The molecule has 1 rings (SSSR count). The third-order valence-electron chi connectivity index (χ3n) is 3.27. The molecule has 0 amide bonds. The molecule has 0 aliphatic heterocycles. The molecule has 1 atom stereocenters. The molecular formula is C13H23N3O. The third kappa shape index (κ3) is 3.17. The molecule has 0 bridgehead atoms. The van der Waals surface area contributed by atoms with Gasteiger partial charge in [0.1, 0.15) is 0 Å². The summed E-state index contributed by atoms with van der Waals surface area (Å²) in [4.78, 5) is 6.39. The van der Waals surface area contributed by atoms with Crippen molar-refractivity contribution in [3.63, 3.8) is 0 Å². The van der Waals surface area contributed by atoms with Crippen molar-refractivity contribution in [2.75, 3.05) is 18.6 Å². The fourth-order valence-electron chi connectivity index (χ4n) is 1.48. The van der Waals surface area contributed by atoms with Gasteiger partial charge < -0.3 is 15.7 Å². The van der Waals surface area contributed by atoms with E-state index in [1.807, 2.05) is 51.0 Å². The molecule has 1 unspecified atom stereocenters. The van der Waals surface area contributed by atoms with E-state index < -0.39 is 0 Å². The number of rotatable bonds is 5. The van der Waals surface area contributed by atoms with E-state index in [-0.39, 0.29) is 18.2 Å². The number of nitrogens with zero attached hydrogens (tertiary/aromatic N) is 2. The minimum Gasteiger partial charge on any atom is -0.394 e. The highest BCUT2D eigenvalue weighted by molar-refractivity contribution is 5.46. The fraction of sp³-hybridized carbons (Fsp3) is 0.615. The van der Waals surface area contributed by atoms with Crippen LogP contribution in [0, 0.1) is 0 Å². The molecule has 1 aromatic heterocycles. The van der Waals surface area contributed by atoms with Crippen molar-refractivity contribution < 1.29 is 5.11 Å². The number of aliphatic hydroxyl groups is 1. The van der Waals surface area contributed by atoms with Crippen LogP contribution < -0.4 is 10.6 Å². The molecule has 0 aromatic carbocycles. The zero-order chi connectivity index (χ0) is 13.1. The molecule has 0 radical (unpaired) electrons. The molecule has 17 heavy (non-hydrogen) atoms. The third-order valence-corrected chi connectivity index (χ3v) is 3.27. The Kier molecular flexibility index (Phi) is 4.48. The van der Waals surface area contributed by atoms with Crippen LogP contribution in [0.2, 0.25) is 0 Å². The summed E-state index contributed by atoms with van der Waals surface area (Å²) in [5, 5.41) is 9.32. The monoisotopic (exact) mass is 237 g/mol. The second-order valence-corrected chi connectivity index (χ2v) is 4.99. The summed E-state index contributed by atoms with van der Waals surface area (Å²) >= 11 is 0. The standard InChI is InChI=1S/C13H23N3O/c1-5-11(14)12-7-6-10(8-15-12)16(4)13(2,3)9-17/h6-8,11,17H,5,9,14H2,1-4H3. The Balaban J connectivity index is 2.88. The Bertz CT molecular complexity index is 348. The summed E-state index contributed by atoms with van der Waals surface area (Å²) in [5.74, 6) is 0. The molecule has 4 heteroatoms. The van der Waals surface area contributed by atoms with Crippen molar-refractivity contribution in [3.8, 4) is 0 Å². The van der Waals surface area contributed by atoms with Crippen molar-refractivity contribution >= 4 is 5.69 Å². The Hall–Kier alpha value is -1.13. The predicted molar refractivity (Wildman–Crippen MR) is 71.0 cm³/mol. The largest absolute Gasteiger partial charge is 0.394 e. The van der Waals surface area contributed by atoms with Crippen molar-refractivity contribution in [2.45, 2.75) is 38.8 Å². The first-order valence-electron chi connectivity index (χ1n) is 5.98. The SMILES string of the molecule is CCC(N)c1ccc(N(C)C(C)(C)CO)cn1. The first-order chi connectivity index (χ1) is 7.92. The van der Waals surface area contributed by atoms with Crippen LogP contribution in [-0.4, -0.2) is 29.3 Å². The lowest BCUT2D eigenvalue weighted by atomic mass is 10.0. The molecule has 0 aliphatic carbocycles. The molecule has 0 aliphatic rings. The van der Waals surface area contributed by atoms with Crippen LogP contribution in [0.4, 0.5) is 5.69 Å². The van der Waals surface area contributed by atoms with E-state index in [4.69, 9.17) is 5.73 Å². The fourth-order valence-corrected chi connectivity index (χ4v) is 1.48. The van der Waals surface area contributed by atoms with Crippen LogP contribution in [0.3, 0.4) is 0 Å². The van der Waals surface area contributed by atoms with Crippen LogP contribution in [0.5, 0.6) is 0 Å². The van der Waals surface area contributed by atoms with Crippen LogP contribution >= 0.6 is 0 Å². The van der Waals surface area contributed by atoms with E-state index in [0.717, 1.165) is 17.8 Å². The van der Waals surface area contributed by atoms with Crippen molar-refractivity contribution in [1.82, 2.24) is 4.98 Å². The minimum absolute atomic E-state index is 0.000193.